The Morgan fingerprint density at radius 3 is 2.19 bits per heavy atom. The van der Waals surface area contributed by atoms with Gasteiger partial charge in [-0.2, -0.15) is 0 Å². The summed E-state index contributed by atoms with van der Waals surface area (Å²) in [4.78, 5) is 0. The van der Waals surface area contributed by atoms with Gasteiger partial charge in [0.15, 0.2) is 0 Å². The van der Waals surface area contributed by atoms with Gasteiger partial charge in [0.05, 0.1) is 5.75 Å². The number of sulfonamides is 1. The number of nitrogens with two attached hydrogens (primary N) is 1. The first-order valence-electron chi connectivity index (χ1n) is 7.78. The molecule has 1 aromatic rings. The molecular formula is C16H28N2O2S. The van der Waals surface area contributed by atoms with Gasteiger partial charge in [0.25, 0.3) is 0 Å². The smallest absolute Gasteiger partial charge is 0.216 e. The minimum Gasteiger partial charge on any atom is -0.326 e. The van der Waals surface area contributed by atoms with Crippen LogP contribution in [0.5, 0.6) is 0 Å². The highest BCUT2D eigenvalue weighted by Gasteiger charge is 2.17. The molecule has 0 fully saturated rings. The molecule has 1 unspecified atom stereocenters. The van der Waals surface area contributed by atoms with Crippen LogP contribution >= 0.6 is 0 Å². The molecule has 120 valence electrons. The zero-order valence-electron chi connectivity index (χ0n) is 13.1. The van der Waals surface area contributed by atoms with Crippen molar-refractivity contribution in [2.75, 3.05) is 0 Å². The average Bonchev–Trinajstić information content (AvgIpc) is 2.45. The highest BCUT2D eigenvalue weighted by molar-refractivity contribution is 7.88. The van der Waals surface area contributed by atoms with E-state index in [0.717, 1.165) is 43.2 Å². The van der Waals surface area contributed by atoms with Gasteiger partial charge in [0, 0.05) is 12.6 Å². The molecule has 0 aliphatic carbocycles. The van der Waals surface area contributed by atoms with Crippen molar-refractivity contribution in [2.24, 2.45) is 5.73 Å². The Hall–Kier alpha value is -0.910. The predicted octanol–water partition coefficient (Wildman–Crippen LogP) is 2.92. The lowest BCUT2D eigenvalue weighted by molar-refractivity contribution is 0.483. The van der Waals surface area contributed by atoms with Gasteiger partial charge >= 0.3 is 0 Å². The number of rotatable bonds is 10. The number of hydrogen-bond acceptors (Lipinski definition) is 3. The fourth-order valence-electron chi connectivity index (χ4n) is 2.35. The molecule has 4 nitrogen and oxygen atoms in total. The summed E-state index contributed by atoms with van der Waals surface area (Å²) in [7, 11) is -3.29. The molecule has 0 aliphatic heterocycles. The molecule has 3 N–H and O–H groups in total. The van der Waals surface area contributed by atoms with Gasteiger partial charge < -0.3 is 5.73 Å². The highest BCUT2D eigenvalue weighted by Crippen LogP contribution is 2.12. The number of unbranched alkanes of at least 4 members (excludes halogenated alkanes) is 1. The van der Waals surface area contributed by atoms with E-state index >= 15 is 0 Å². The van der Waals surface area contributed by atoms with Gasteiger partial charge in [-0.25, -0.2) is 13.1 Å². The molecule has 1 aromatic carbocycles. The summed E-state index contributed by atoms with van der Waals surface area (Å²) in [6, 6.07) is 7.49. The first kappa shape index (κ1) is 18.1. The van der Waals surface area contributed by atoms with Gasteiger partial charge in [-0.05, 0) is 24.0 Å². The third kappa shape index (κ3) is 7.07. The molecule has 0 radical (unpaired) electrons. The molecule has 1 atom stereocenters. The fourth-order valence-corrected chi connectivity index (χ4v) is 3.81. The van der Waals surface area contributed by atoms with E-state index in [0.29, 0.717) is 6.54 Å². The summed E-state index contributed by atoms with van der Waals surface area (Å²) in [6.45, 7) is 4.68. The SMILES string of the molecule is CCCCC(CCC)NS(=O)(=O)Cc1ccc(CN)cc1. The molecule has 0 saturated carbocycles. The van der Waals surface area contributed by atoms with Crippen LogP contribution in [0.1, 0.15) is 57.1 Å². The van der Waals surface area contributed by atoms with Crippen molar-refractivity contribution in [2.45, 2.75) is 64.3 Å². The zero-order valence-corrected chi connectivity index (χ0v) is 14.0. The van der Waals surface area contributed by atoms with Crippen LogP contribution in [0, 0.1) is 0 Å². The lowest BCUT2D eigenvalue weighted by Gasteiger charge is -2.18. The normalized spacial score (nSPS) is 13.3. The van der Waals surface area contributed by atoms with Gasteiger partial charge in [-0.15, -0.1) is 0 Å². The summed E-state index contributed by atoms with van der Waals surface area (Å²) in [5.41, 5.74) is 7.35. The molecule has 0 heterocycles. The van der Waals surface area contributed by atoms with Crippen molar-refractivity contribution in [3.8, 4) is 0 Å². The second-order valence-electron chi connectivity index (χ2n) is 5.53. The third-order valence-electron chi connectivity index (χ3n) is 3.50. The van der Waals surface area contributed by atoms with Crippen LogP contribution in [0.25, 0.3) is 0 Å². The molecule has 0 spiro atoms. The molecule has 0 bridgehead atoms. The first-order valence-corrected chi connectivity index (χ1v) is 9.43. The summed E-state index contributed by atoms with van der Waals surface area (Å²) in [5.74, 6) is 0.0319. The second-order valence-corrected chi connectivity index (χ2v) is 7.28. The van der Waals surface area contributed by atoms with E-state index in [4.69, 9.17) is 5.73 Å². The van der Waals surface area contributed by atoms with E-state index < -0.39 is 10.0 Å². The van der Waals surface area contributed by atoms with Gasteiger partial charge in [-0.3, -0.25) is 0 Å². The third-order valence-corrected chi connectivity index (χ3v) is 4.91. The maximum absolute atomic E-state index is 12.3. The Labute approximate surface area is 129 Å². The van der Waals surface area contributed by atoms with E-state index in [9.17, 15) is 8.42 Å². The van der Waals surface area contributed by atoms with Crippen LogP contribution in [0.4, 0.5) is 0 Å². The lowest BCUT2D eigenvalue weighted by atomic mass is 10.1. The Morgan fingerprint density at radius 2 is 1.67 bits per heavy atom. The molecule has 0 saturated heterocycles. The molecule has 0 aromatic heterocycles. The summed E-state index contributed by atoms with van der Waals surface area (Å²) in [5, 5.41) is 0. The number of hydrogen-bond donors (Lipinski definition) is 2. The Morgan fingerprint density at radius 1 is 1.05 bits per heavy atom. The largest absolute Gasteiger partial charge is 0.326 e. The molecule has 0 amide bonds. The standard InChI is InChI=1S/C16H28N2O2S/c1-3-5-7-16(6-4-2)18-21(19,20)13-15-10-8-14(12-17)9-11-15/h8-11,16,18H,3-7,12-13,17H2,1-2H3. The predicted molar refractivity (Wildman–Crippen MR) is 88.3 cm³/mol. The number of nitrogens with one attached hydrogen (secondary N) is 1. The van der Waals surface area contributed by atoms with Crippen LogP contribution in [-0.2, 0) is 22.3 Å². The topological polar surface area (TPSA) is 72.2 Å². The maximum atomic E-state index is 12.3. The van der Waals surface area contributed by atoms with E-state index in [-0.39, 0.29) is 11.8 Å². The van der Waals surface area contributed by atoms with Gasteiger partial charge in [0.2, 0.25) is 10.0 Å². The average molecular weight is 312 g/mol. The van der Waals surface area contributed by atoms with Crippen molar-refractivity contribution in [3.63, 3.8) is 0 Å². The summed E-state index contributed by atoms with van der Waals surface area (Å²) >= 11 is 0. The van der Waals surface area contributed by atoms with Crippen molar-refractivity contribution in [1.82, 2.24) is 4.72 Å². The van der Waals surface area contributed by atoms with Crippen LogP contribution in [0.2, 0.25) is 0 Å². The zero-order chi connectivity index (χ0) is 15.7. The second kappa shape index (κ2) is 9.18. The molecule has 5 heteroatoms. The molecule has 21 heavy (non-hydrogen) atoms. The highest BCUT2D eigenvalue weighted by atomic mass is 32.2. The summed E-state index contributed by atoms with van der Waals surface area (Å²) in [6.07, 6.45) is 4.93. The van der Waals surface area contributed by atoms with Crippen LogP contribution in [0.3, 0.4) is 0 Å². The van der Waals surface area contributed by atoms with Crippen LogP contribution < -0.4 is 10.5 Å². The Bertz CT molecular complexity index is 498. The van der Waals surface area contributed by atoms with Crippen LogP contribution in [-0.4, -0.2) is 14.5 Å². The van der Waals surface area contributed by atoms with E-state index in [1.165, 1.54) is 0 Å². The lowest BCUT2D eigenvalue weighted by Crippen LogP contribution is -2.35. The summed E-state index contributed by atoms with van der Waals surface area (Å²) < 4.78 is 27.4. The van der Waals surface area contributed by atoms with E-state index in [1.807, 2.05) is 24.3 Å². The first-order chi connectivity index (χ1) is 10.0. The molecular weight excluding hydrogens is 284 g/mol. The van der Waals surface area contributed by atoms with Gasteiger partial charge in [-0.1, -0.05) is 57.4 Å². The quantitative estimate of drug-likeness (QED) is 0.697. The Kier molecular flexibility index (Phi) is 7.93. The minimum absolute atomic E-state index is 0.0319. The fraction of sp³-hybridized carbons (Fsp3) is 0.625. The Balaban J connectivity index is 2.65. The maximum Gasteiger partial charge on any atom is 0.216 e. The van der Waals surface area contributed by atoms with Gasteiger partial charge in [0.1, 0.15) is 0 Å². The molecule has 0 aliphatic rings. The van der Waals surface area contributed by atoms with Crippen molar-refractivity contribution in [3.05, 3.63) is 35.4 Å². The monoisotopic (exact) mass is 312 g/mol. The molecule has 1 rings (SSSR count). The van der Waals surface area contributed by atoms with E-state index in [2.05, 4.69) is 18.6 Å². The van der Waals surface area contributed by atoms with Crippen molar-refractivity contribution in [1.29, 1.82) is 0 Å². The van der Waals surface area contributed by atoms with Crippen LogP contribution in [0.15, 0.2) is 24.3 Å². The van der Waals surface area contributed by atoms with E-state index in [1.54, 1.807) is 0 Å². The van der Waals surface area contributed by atoms with Crippen molar-refractivity contribution >= 4 is 10.0 Å². The minimum atomic E-state index is -3.29. The number of benzene rings is 1. The van der Waals surface area contributed by atoms with Crippen molar-refractivity contribution < 1.29 is 8.42 Å².